The van der Waals surface area contributed by atoms with E-state index in [1.165, 1.54) is 11.3 Å². The highest BCUT2D eigenvalue weighted by Gasteiger charge is 2.18. The maximum atomic E-state index is 11.5. The lowest BCUT2D eigenvalue weighted by atomic mass is 10.2. The van der Waals surface area contributed by atoms with Crippen molar-refractivity contribution >= 4 is 31.2 Å². The number of sulfone groups is 1. The van der Waals surface area contributed by atoms with Crippen LogP contribution in [0.4, 0.5) is 0 Å². The molecule has 0 radical (unpaired) electrons. The average molecular weight is 323 g/mol. The first-order valence-electron chi connectivity index (χ1n) is 5.05. The zero-order valence-electron chi connectivity index (χ0n) is 10.1. The quantitative estimate of drug-likeness (QED) is 0.713. The van der Waals surface area contributed by atoms with Crippen LogP contribution < -0.4 is 4.72 Å². The molecule has 0 saturated heterocycles. The molecule has 0 aromatic carbocycles. The maximum Gasteiger partial charge on any atom is 0.226 e. The Morgan fingerprint density at radius 1 is 1.37 bits per heavy atom. The van der Waals surface area contributed by atoms with Crippen molar-refractivity contribution in [2.45, 2.75) is 6.54 Å². The molecule has 106 valence electrons. The number of aliphatic hydroxyl groups excluding tert-OH is 1. The van der Waals surface area contributed by atoms with Crippen LogP contribution in [0.1, 0.15) is 10.4 Å². The molecule has 0 aliphatic rings. The van der Waals surface area contributed by atoms with E-state index in [1.54, 1.807) is 11.4 Å². The van der Waals surface area contributed by atoms with E-state index in [1.807, 2.05) is 0 Å². The van der Waals surface area contributed by atoms with Gasteiger partial charge in [0.15, 0.2) is 14.9 Å². The predicted octanol–water partition coefficient (Wildman–Crippen LogP) is -0.487. The molecule has 0 saturated carbocycles. The van der Waals surface area contributed by atoms with E-state index in [0.29, 0.717) is 10.4 Å². The van der Waals surface area contributed by atoms with Gasteiger partial charge < -0.3 is 5.11 Å². The first kappa shape index (κ1) is 16.1. The van der Waals surface area contributed by atoms with Crippen molar-refractivity contribution in [2.24, 2.45) is 0 Å². The molecule has 1 aromatic heterocycles. The molecule has 2 N–H and O–H groups in total. The van der Waals surface area contributed by atoms with Crippen molar-refractivity contribution in [2.75, 3.05) is 17.9 Å². The molecule has 6 nitrogen and oxygen atoms in total. The molecule has 1 aromatic rings. The Kier molecular flexibility index (Phi) is 5.51. The number of rotatable bonds is 5. The third kappa shape index (κ3) is 6.17. The third-order valence-electron chi connectivity index (χ3n) is 1.87. The largest absolute Gasteiger partial charge is 0.384 e. The van der Waals surface area contributed by atoms with Gasteiger partial charge in [0.05, 0.1) is 0 Å². The first-order chi connectivity index (χ1) is 8.73. The Balaban J connectivity index is 2.75. The molecule has 0 aliphatic heterocycles. The lowest BCUT2D eigenvalue weighted by Crippen LogP contribution is -2.29. The molecule has 19 heavy (non-hydrogen) atoms. The minimum Gasteiger partial charge on any atom is -0.384 e. The third-order valence-corrected chi connectivity index (χ3v) is 6.33. The van der Waals surface area contributed by atoms with Crippen molar-refractivity contribution in [1.82, 2.24) is 4.72 Å². The van der Waals surface area contributed by atoms with Crippen molar-refractivity contribution in [1.29, 1.82) is 0 Å². The SMILES string of the molecule is CS(=O)(=O)CS(=O)(=O)NCc1sccc1C#CCO. The van der Waals surface area contributed by atoms with E-state index in [9.17, 15) is 16.8 Å². The van der Waals surface area contributed by atoms with Crippen LogP contribution in [0.3, 0.4) is 0 Å². The Bertz CT molecular complexity index is 691. The van der Waals surface area contributed by atoms with Crippen LogP contribution in [0, 0.1) is 11.8 Å². The fourth-order valence-corrected chi connectivity index (χ4v) is 5.04. The van der Waals surface area contributed by atoms with Gasteiger partial charge in [0.25, 0.3) is 0 Å². The lowest BCUT2D eigenvalue weighted by molar-refractivity contribution is 0.350. The van der Waals surface area contributed by atoms with Crippen LogP contribution in [-0.4, -0.2) is 39.9 Å². The van der Waals surface area contributed by atoms with Gasteiger partial charge in [-0.25, -0.2) is 21.6 Å². The molecule has 0 spiro atoms. The van der Waals surface area contributed by atoms with Gasteiger partial charge in [0.1, 0.15) is 6.61 Å². The van der Waals surface area contributed by atoms with Crippen molar-refractivity contribution in [3.63, 3.8) is 0 Å². The molecule has 0 atom stereocenters. The van der Waals surface area contributed by atoms with Gasteiger partial charge >= 0.3 is 0 Å². The second kappa shape index (κ2) is 6.49. The van der Waals surface area contributed by atoms with E-state index >= 15 is 0 Å². The van der Waals surface area contributed by atoms with Gasteiger partial charge in [0, 0.05) is 23.2 Å². The predicted molar refractivity (Wildman–Crippen MR) is 73.8 cm³/mol. The molecular formula is C10H13NO5S3. The van der Waals surface area contributed by atoms with E-state index < -0.39 is 24.9 Å². The average Bonchev–Trinajstić information content (AvgIpc) is 2.67. The van der Waals surface area contributed by atoms with Crippen LogP contribution in [0.5, 0.6) is 0 Å². The van der Waals surface area contributed by atoms with Gasteiger partial charge in [-0.1, -0.05) is 11.8 Å². The molecule has 0 amide bonds. The van der Waals surface area contributed by atoms with E-state index in [0.717, 1.165) is 6.26 Å². The van der Waals surface area contributed by atoms with Crippen molar-refractivity contribution in [3.05, 3.63) is 21.9 Å². The molecule has 0 fully saturated rings. The topological polar surface area (TPSA) is 101 Å². The van der Waals surface area contributed by atoms with Crippen LogP contribution in [0.2, 0.25) is 0 Å². The van der Waals surface area contributed by atoms with Gasteiger partial charge in [-0.2, -0.15) is 0 Å². The normalized spacial score (nSPS) is 11.9. The number of hydrogen-bond acceptors (Lipinski definition) is 6. The molecule has 0 unspecified atom stereocenters. The lowest BCUT2D eigenvalue weighted by Gasteiger charge is -2.04. The Hall–Kier alpha value is -0.920. The summed E-state index contributed by atoms with van der Waals surface area (Å²) in [4.78, 5) is 0.665. The van der Waals surface area contributed by atoms with E-state index in [4.69, 9.17) is 5.11 Å². The Morgan fingerprint density at radius 2 is 2.05 bits per heavy atom. The van der Waals surface area contributed by atoms with Crippen molar-refractivity contribution in [3.8, 4) is 11.8 Å². The molecular weight excluding hydrogens is 310 g/mol. The Labute approximate surface area is 116 Å². The van der Waals surface area contributed by atoms with Gasteiger partial charge in [0.2, 0.25) is 10.0 Å². The maximum absolute atomic E-state index is 11.5. The highest BCUT2D eigenvalue weighted by atomic mass is 32.3. The molecule has 9 heteroatoms. The molecule has 1 rings (SSSR count). The second-order valence-electron chi connectivity index (χ2n) is 3.70. The number of hydrogen-bond donors (Lipinski definition) is 2. The van der Waals surface area contributed by atoms with Crippen LogP contribution in [0.15, 0.2) is 11.4 Å². The second-order valence-corrected chi connectivity index (χ2v) is 9.01. The standard InChI is InChI=1S/C10H13NO5S3/c1-18(13,14)8-19(15,16)11-7-10-9(3-2-5-12)4-6-17-10/h4,6,11-12H,5,7-8H2,1H3. The van der Waals surface area contributed by atoms with Crippen LogP contribution in [0.25, 0.3) is 0 Å². The summed E-state index contributed by atoms with van der Waals surface area (Å²) in [6.45, 7) is -0.306. The van der Waals surface area contributed by atoms with Crippen LogP contribution >= 0.6 is 11.3 Å². The summed E-state index contributed by atoms with van der Waals surface area (Å²) in [7, 11) is -7.49. The summed E-state index contributed by atoms with van der Waals surface area (Å²) in [5, 5.41) is 9.39. The fraction of sp³-hybridized carbons (Fsp3) is 0.400. The van der Waals surface area contributed by atoms with Crippen LogP contribution in [-0.2, 0) is 26.4 Å². The zero-order chi connectivity index (χ0) is 14.5. The molecule has 1 heterocycles. The molecule has 0 aliphatic carbocycles. The van der Waals surface area contributed by atoms with Gasteiger partial charge in [-0.05, 0) is 11.4 Å². The summed E-state index contributed by atoms with van der Waals surface area (Å²) in [6, 6.07) is 1.70. The van der Waals surface area contributed by atoms with Gasteiger partial charge in [-0.15, -0.1) is 11.3 Å². The summed E-state index contributed by atoms with van der Waals surface area (Å²) in [5.41, 5.74) is 0.612. The summed E-state index contributed by atoms with van der Waals surface area (Å²) >= 11 is 1.30. The minimum absolute atomic E-state index is 0.0229. The fourth-order valence-electron chi connectivity index (χ4n) is 1.22. The zero-order valence-corrected chi connectivity index (χ0v) is 12.5. The monoisotopic (exact) mass is 323 g/mol. The summed E-state index contributed by atoms with van der Waals surface area (Å²) in [5.74, 6) is 5.15. The highest BCUT2D eigenvalue weighted by Crippen LogP contribution is 2.15. The highest BCUT2D eigenvalue weighted by molar-refractivity contribution is 8.06. The number of aliphatic hydroxyl groups is 1. The summed E-state index contributed by atoms with van der Waals surface area (Å²) in [6.07, 6.45) is 0.857. The summed E-state index contributed by atoms with van der Waals surface area (Å²) < 4.78 is 47.1. The van der Waals surface area contributed by atoms with Crippen molar-refractivity contribution < 1.29 is 21.9 Å². The number of thiophene rings is 1. The van der Waals surface area contributed by atoms with E-state index in [-0.39, 0.29) is 13.2 Å². The smallest absolute Gasteiger partial charge is 0.226 e. The minimum atomic E-state index is -3.88. The molecule has 0 bridgehead atoms. The van der Waals surface area contributed by atoms with E-state index in [2.05, 4.69) is 16.6 Å². The number of sulfonamides is 1. The Morgan fingerprint density at radius 3 is 2.63 bits per heavy atom. The first-order valence-corrected chi connectivity index (χ1v) is 9.64. The number of nitrogens with one attached hydrogen (secondary N) is 1. The van der Waals surface area contributed by atoms with Gasteiger partial charge in [-0.3, -0.25) is 0 Å².